The van der Waals surface area contributed by atoms with Crippen LogP contribution < -0.4 is 10.6 Å². The van der Waals surface area contributed by atoms with Crippen LogP contribution in [0.5, 0.6) is 0 Å². The second-order valence-electron chi connectivity index (χ2n) is 5.63. The maximum atomic E-state index is 12.3. The number of nitrogens with zero attached hydrogens (tertiary/aromatic N) is 3. The molecule has 0 aliphatic heterocycles. The van der Waals surface area contributed by atoms with Gasteiger partial charge in [0.15, 0.2) is 0 Å². The fraction of sp³-hybridized carbons (Fsp3) is 0.176. The van der Waals surface area contributed by atoms with E-state index in [1.165, 1.54) is 22.9 Å². The molecule has 0 saturated heterocycles. The smallest absolute Gasteiger partial charge is 0.343 e. The summed E-state index contributed by atoms with van der Waals surface area (Å²) in [5, 5.41) is 12.1. The monoisotopic (exact) mass is 377 g/mol. The number of halogens is 3. The van der Waals surface area contributed by atoms with Gasteiger partial charge in [-0.15, -0.1) is 5.10 Å². The first-order valence-corrected chi connectivity index (χ1v) is 7.85. The Morgan fingerprint density at radius 1 is 1.04 bits per heavy atom. The van der Waals surface area contributed by atoms with Crippen molar-refractivity contribution in [3.05, 3.63) is 54.1 Å². The average Bonchev–Trinajstić information content (AvgIpc) is 3.02. The highest BCUT2D eigenvalue weighted by Crippen LogP contribution is 2.17. The van der Waals surface area contributed by atoms with Crippen molar-refractivity contribution in [3.8, 4) is 0 Å². The van der Waals surface area contributed by atoms with E-state index in [4.69, 9.17) is 0 Å². The largest absolute Gasteiger partial charge is 0.405 e. The molecule has 1 aromatic heterocycles. The molecule has 7 nitrogen and oxygen atoms in total. The number of amides is 2. The molecule has 0 aliphatic carbocycles. The third-order valence-electron chi connectivity index (χ3n) is 3.61. The summed E-state index contributed by atoms with van der Waals surface area (Å²) in [6.45, 7) is -1.63. The van der Waals surface area contributed by atoms with Crippen molar-refractivity contribution in [2.75, 3.05) is 11.9 Å². The lowest BCUT2D eigenvalue weighted by Gasteiger charge is -2.12. The van der Waals surface area contributed by atoms with Crippen LogP contribution >= 0.6 is 0 Å². The predicted octanol–water partition coefficient (Wildman–Crippen LogP) is 2.36. The van der Waals surface area contributed by atoms with Gasteiger partial charge in [0, 0.05) is 0 Å². The molecule has 2 aromatic carbocycles. The molecule has 0 aliphatic rings. The van der Waals surface area contributed by atoms with Crippen molar-refractivity contribution in [3.63, 3.8) is 0 Å². The first-order valence-electron chi connectivity index (χ1n) is 7.85. The third kappa shape index (κ3) is 4.60. The molecule has 0 radical (unpaired) electrons. The summed E-state index contributed by atoms with van der Waals surface area (Å²) >= 11 is 0. The summed E-state index contributed by atoms with van der Waals surface area (Å²) < 4.78 is 38.2. The summed E-state index contributed by atoms with van der Waals surface area (Å²) in [4.78, 5) is 24.3. The number of carbonyl (C=O) groups excluding carboxylic acids is 2. The highest BCUT2D eigenvalue weighted by Gasteiger charge is 2.28. The third-order valence-corrected chi connectivity index (χ3v) is 3.61. The van der Waals surface area contributed by atoms with Gasteiger partial charge in [-0.1, -0.05) is 29.5 Å². The topological polar surface area (TPSA) is 88.9 Å². The number of hydrogen-bond acceptors (Lipinski definition) is 4. The van der Waals surface area contributed by atoms with Gasteiger partial charge >= 0.3 is 6.18 Å². The zero-order chi connectivity index (χ0) is 19.4. The van der Waals surface area contributed by atoms with Crippen molar-refractivity contribution in [1.82, 2.24) is 20.3 Å². The minimum atomic E-state index is -4.53. The van der Waals surface area contributed by atoms with E-state index in [0.717, 1.165) is 0 Å². The summed E-state index contributed by atoms with van der Waals surface area (Å²) in [6.07, 6.45) is -4.53. The Bertz CT molecular complexity index is 984. The molecule has 0 spiro atoms. The van der Waals surface area contributed by atoms with Gasteiger partial charge in [-0.3, -0.25) is 9.59 Å². The Labute approximate surface area is 151 Å². The van der Waals surface area contributed by atoms with E-state index in [2.05, 4.69) is 15.6 Å². The highest BCUT2D eigenvalue weighted by atomic mass is 19.4. The zero-order valence-corrected chi connectivity index (χ0v) is 13.8. The summed E-state index contributed by atoms with van der Waals surface area (Å²) in [5.74, 6) is -1.43. The van der Waals surface area contributed by atoms with Crippen LogP contribution in [0.1, 0.15) is 10.4 Å². The molecule has 0 fully saturated rings. The van der Waals surface area contributed by atoms with Gasteiger partial charge in [0.25, 0.3) is 5.91 Å². The first kappa shape index (κ1) is 18.4. The molecule has 3 rings (SSSR count). The van der Waals surface area contributed by atoms with Crippen LogP contribution in [-0.4, -0.2) is 39.5 Å². The van der Waals surface area contributed by atoms with E-state index < -0.39 is 24.5 Å². The number of anilines is 1. The fourth-order valence-electron chi connectivity index (χ4n) is 2.43. The molecule has 0 atom stereocenters. The summed E-state index contributed by atoms with van der Waals surface area (Å²) in [7, 11) is 0. The number of fused-ring (bicyclic) bond motifs is 1. The minimum absolute atomic E-state index is 0.0708. The first-order chi connectivity index (χ1) is 12.8. The van der Waals surface area contributed by atoms with Gasteiger partial charge in [-0.25, -0.2) is 4.68 Å². The van der Waals surface area contributed by atoms with Crippen LogP contribution in [0, 0.1) is 0 Å². The zero-order valence-electron chi connectivity index (χ0n) is 13.8. The molecule has 3 aromatic rings. The van der Waals surface area contributed by atoms with Gasteiger partial charge in [0.1, 0.15) is 18.6 Å². The van der Waals surface area contributed by atoms with Crippen LogP contribution in [0.4, 0.5) is 18.9 Å². The molecular weight excluding hydrogens is 363 g/mol. The SMILES string of the molecule is O=C(Cn1nnc2ccccc21)Nc1ccccc1C(=O)NCC(F)(F)F. The summed E-state index contributed by atoms with van der Waals surface area (Å²) in [5.41, 5.74) is 1.31. The van der Waals surface area contributed by atoms with Gasteiger partial charge in [-0.05, 0) is 24.3 Å². The number of hydrogen-bond donors (Lipinski definition) is 2. The van der Waals surface area contributed by atoms with Crippen LogP contribution in [0.15, 0.2) is 48.5 Å². The second kappa shape index (κ2) is 7.44. The van der Waals surface area contributed by atoms with E-state index in [0.29, 0.717) is 11.0 Å². The molecule has 10 heteroatoms. The van der Waals surface area contributed by atoms with E-state index in [1.807, 2.05) is 0 Å². The van der Waals surface area contributed by atoms with Crippen molar-refractivity contribution in [1.29, 1.82) is 0 Å². The van der Waals surface area contributed by atoms with Crippen LogP contribution in [0.25, 0.3) is 11.0 Å². The minimum Gasteiger partial charge on any atom is -0.343 e. The van der Waals surface area contributed by atoms with E-state index in [9.17, 15) is 22.8 Å². The number of benzene rings is 2. The molecule has 2 N–H and O–H groups in total. The van der Waals surface area contributed by atoms with E-state index in [-0.39, 0.29) is 17.8 Å². The second-order valence-corrected chi connectivity index (χ2v) is 5.63. The standard InChI is InChI=1S/C17H14F3N5O2/c18-17(19,20)10-21-16(27)11-5-1-2-6-12(11)22-15(26)9-25-14-8-4-3-7-13(14)23-24-25/h1-8H,9-10H2,(H,21,27)(H,22,26). The Morgan fingerprint density at radius 3 is 2.52 bits per heavy atom. The molecule has 140 valence electrons. The molecule has 0 bridgehead atoms. The summed E-state index contributed by atoms with van der Waals surface area (Å²) in [6, 6.07) is 12.9. The van der Waals surface area contributed by atoms with Gasteiger partial charge in [0.2, 0.25) is 5.91 Å². The number of alkyl halides is 3. The number of aromatic nitrogens is 3. The van der Waals surface area contributed by atoms with E-state index in [1.54, 1.807) is 35.6 Å². The molecular formula is C17H14F3N5O2. The molecule has 27 heavy (non-hydrogen) atoms. The maximum absolute atomic E-state index is 12.3. The van der Waals surface area contributed by atoms with Crippen LogP contribution in [0.2, 0.25) is 0 Å². The maximum Gasteiger partial charge on any atom is 0.405 e. The van der Waals surface area contributed by atoms with Crippen molar-refractivity contribution >= 4 is 28.5 Å². The predicted molar refractivity (Wildman–Crippen MR) is 91.0 cm³/mol. The quantitative estimate of drug-likeness (QED) is 0.714. The molecule has 0 saturated carbocycles. The lowest BCUT2D eigenvalue weighted by Crippen LogP contribution is -2.34. The molecule has 2 amide bonds. The Balaban J connectivity index is 1.72. The molecule has 1 heterocycles. The van der Waals surface area contributed by atoms with E-state index >= 15 is 0 Å². The van der Waals surface area contributed by atoms with Crippen LogP contribution in [0.3, 0.4) is 0 Å². The normalized spacial score (nSPS) is 11.4. The number of para-hydroxylation sites is 2. The highest BCUT2D eigenvalue weighted by molar-refractivity contribution is 6.03. The van der Waals surface area contributed by atoms with Gasteiger partial charge in [-0.2, -0.15) is 13.2 Å². The fourth-order valence-corrected chi connectivity index (χ4v) is 2.43. The number of rotatable bonds is 5. The lowest BCUT2D eigenvalue weighted by atomic mass is 10.1. The van der Waals surface area contributed by atoms with Gasteiger partial charge < -0.3 is 10.6 Å². The van der Waals surface area contributed by atoms with Crippen molar-refractivity contribution < 1.29 is 22.8 Å². The van der Waals surface area contributed by atoms with Crippen molar-refractivity contribution in [2.24, 2.45) is 0 Å². The Morgan fingerprint density at radius 2 is 1.74 bits per heavy atom. The Kier molecular flexibility index (Phi) is 5.06. The molecule has 0 unspecified atom stereocenters. The number of nitrogens with one attached hydrogen (secondary N) is 2. The van der Waals surface area contributed by atoms with Gasteiger partial charge in [0.05, 0.1) is 16.8 Å². The van der Waals surface area contributed by atoms with Crippen LogP contribution in [-0.2, 0) is 11.3 Å². The Hall–Kier alpha value is -3.43. The number of carbonyl (C=O) groups is 2. The lowest BCUT2D eigenvalue weighted by molar-refractivity contribution is -0.123. The van der Waals surface area contributed by atoms with Crippen molar-refractivity contribution in [2.45, 2.75) is 12.7 Å². The average molecular weight is 377 g/mol.